The summed E-state index contributed by atoms with van der Waals surface area (Å²) in [5, 5.41) is 8.51. The molecule has 3 aromatic heterocycles. The topological polar surface area (TPSA) is 101 Å². The number of aryl methyl sites for hydroxylation is 2. The van der Waals surface area contributed by atoms with Crippen LogP contribution in [0, 0.1) is 6.92 Å². The smallest absolute Gasteiger partial charge is 0.251 e. The van der Waals surface area contributed by atoms with Crippen LogP contribution in [0.1, 0.15) is 48.9 Å². The van der Waals surface area contributed by atoms with Crippen LogP contribution in [0.5, 0.6) is 0 Å². The predicted molar refractivity (Wildman–Crippen MR) is 94.4 cm³/mol. The molecule has 0 amide bonds. The van der Waals surface area contributed by atoms with E-state index < -0.39 is 0 Å². The highest BCUT2D eigenvalue weighted by molar-refractivity contribution is 5.86. The molecular weight excluding hydrogens is 318 g/mol. The highest BCUT2D eigenvalue weighted by Crippen LogP contribution is 2.34. The summed E-state index contributed by atoms with van der Waals surface area (Å²) in [4.78, 5) is 28.1. The van der Waals surface area contributed by atoms with Crippen LogP contribution in [0.4, 0.5) is 5.82 Å². The number of nitrogens with one attached hydrogen (secondary N) is 2. The third-order valence-electron chi connectivity index (χ3n) is 4.68. The molecular formula is C17H21N7O. The first-order valence-corrected chi connectivity index (χ1v) is 8.60. The summed E-state index contributed by atoms with van der Waals surface area (Å²) < 4.78 is 1.77. The lowest BCUT2D eigenvalue weighted by Gasteiger charge is -2.12. The number of H-pyrrole nitrogens is 1. The molecule has 8 nitrogen and oxygen atoms in total. The van der Waals surface area contributed by atoms with E-state index in [2.05, 4.69) is 20.4 Å². The van der Waals surface area contributed by atoms with Crippen LogP contribution >= 0.6 is 0 Å². The van der Waals surface area contributed by atoms with E-state index in [4.69, 9.17) is 9.97 Å². The summed E-state index contributed by atoms with van der Waals surface area (Å²) in [6.07, 6.45) is 6.51. The minimum atomic E-state index is -0.148. The zero-order valence-corrected chi connectivity index (χ0v) is 14.4. The van der Waals surface area contributed by atoms with Crippen LogP contribution < -0.4 is 10.9 Å². The molecule has 0 atom stereocenters. The van der Waals surface area contributed by atoms with Crippen molar-refractivity contribution in [2.45, 2.75) is 45.1 Å². The van der Waals surface area contributed by atoms with Gasteiger partial charge >= 0.3 is 0 Å². The molecule has 2 N–H and O–H groups in total. The normalized spacial score (nSPS) is 15.1. The molecule has 25 heavy (non-hydrogen) atoms. The number of aromatic amines is 1. The summed E-state index contributed by atoms with van der Waals surface area (Å²) >= 11 is 0. The fourth-order valence-corrected chi connectivity index (χ4v) is 3.45. The van der Waals surface area contributed by atoms with E-state index in [0.717, 1.165) is 35.5 Å². The zero-order chi connectivity index (χ0) is 17.4. The van der Waals surface area contributed by atoms with Gasteiger partial charge in [-0.2, -0.15) is 5.10 Å². The van der Waals surface area contributed by atoms with Crippen molar-refractivity contribution in [2.75, 3.05) is 5.32 Å². The summed E-state index contributed by atoms with van der Waals surface area (Å²) in [5.41, 5.74) is 1.36. The first-order chi connectivity index (χ1) is 12.1. The lowest BCUT2D eigenvalue weighted by atomic mass is 10.1. The molecule has 130 valence electrons. The Morgan fingerprint density at radius 1 is 1.28 bits per heavy atom. The minimum absolute atomic E-state index is 0.148. The maximum atomic E-state index is 11.6. The van der Waals surface area contributed by atoms with Crippen molar-refractivity contribution in [3.8, 4) is 0 Å². The van der Waals surface area contributed by atoms with Crippen LogP contribution in [0.2, 0.25) is 0 Å². The van der Waals surface area contributed by atoms with Gasteiger partial charge in [-0.25, -0.2) is 15.0 Å². The zero-order valence-electron chi connectivity index (χ0n) is 14.4. The van der Waals surface area contributed by atoms with Crippen LogP contribution in [0.3, 0.4) is 0 Å². The molecule has 1 aliphatic rings. The van der Waals surface area contributed by atoms with Gasteiger partial charge in [0.25, 0.3) is 5.56 Å². The van der Waals surface area contributed by atoms with Crippen LogP contribution in [-0.2, 0) is 13.6 Å². The fourth-order valence-electron chi connectivity index (χ4n) is 3.45. The highest BCUT2D eigenvalue weighted by Gasteiger charge is 2.22. The first kappa shape index (κ1) is 15.7. The predicted octanol–water partition coefficient (Wildman–Crippen LogP) is 2.02. The Balaban J connectivity index is 1.68. The molecule has 0 saturated heterocycles. The fraction of sp³-hybridized carbons (Fsp3) is 0.471. The van der Waals surface area contributed by atoms with Gasteiger partial charge < -0.3 is 10.3 Å². The monoisotopic (exact) mass is 339 g/mol. The number of rotatable bonds is 4. The Hall–Kier alpha value is -2.77. The maximum absolute atomic E-state index is 11.6. The number of nitrogens with zero attached hydrogens (tertiary/aromatic N) is 5. The number of hydrogen-bond acceptors (Lipinski definition) is 6. The van der Waals surface area contributed by atoms with Gasteiger partial charge in [0, 0.05) is 19.0 Å². The average Bonchev–Trinajstić information content (AvgIpc) is 3.22. The largest absolute Gasteiger partial charge is 0.364 e. The molecule has 0 aromatic carbocycles. The number of hydrogen-bond donors (Lipinski definition) is 2. The minimum Gasteiger partial charge on any atom is -0.364 e. The van der Waals surface area contributed by atoms with Crippen LogP contribution in [-0.4, -0.2) is 29.7 Å². The van der Waals surface area contributed by atoms with Gasteiger partial charge in [0.05, 0.1) is 23.8 Å². The molecule has 3 heterocycles. The van der Waals surface area contributed by atoms with E-state index in [1.807, 2.05) is 7.05 Å². The number of aromatic nitrogens is 6. The van der Waals surface area contributed by atoms with E-state index >= 15 is 0 Å². The molecule has 3 aromatic rings. The molecule has 0 bridgehead atoms. The Labute approximate surface area is 144 Å². The van der Waals surface area contributed by atoms with Crippen molar-refractivity contribution < 1.29 is 0 Å². The Kier molecular flexibility index (Phi) is 3.95. The van der Waals surface area contributed by atoms with Crippen molar-refractivity contribution in [3.63, 3.8) is 0 Å². The van der Waals surface area contributed by atoms with Gasteiger partial charge in [-0.05, 0) is 19.8 Å². The average molecular weight is 339 g/mol. The Morgan fingerprint density at radius 2 is 2.08 bits per heavy atom. The first-order valence-electron chi connectivity index (χ1n) is 8.60. The van der Waals surface area contributed by atoms with Crippen molar-refractivity contribution in [1.29, 1.82) is 0 Å². The Bertz CT molecular complexity index is 969. The van der Waals surface area contributed by atoms with Crippen LogP contribution in [0.15, 0.2) is 17.1 Å². The lowest BCUT2D eigenvalue weighted by Crippen LogP contribution is -2.14. The lowest BCUT2D eigenvalue weighted by molar-refractivity contribution is 0.667. The molecule has 0 aliphatic heterocycles. The van der Waals surface area contributed by atoms with Crippen molar-refractivity contribution >= 4 is 16.9 Å². The molecule has 1 aliphatic carbocycles. The molecule has 1 saturated carbocycles. The summed E-state index contributed by atoms with van der Waals surface area (Å²) in [7, 11) is 1.89. The molecule has 8 heteroatoms. The summed E-state index contributed by atoms with van der Waals surface area (Å²) in [5.74, 6) is 2.65. The van der Waals surface area contributed by atoms with Gasteiger partial charge in [0.2, 0.25) is 0 Å². The highest BCUT2D eigenvalue weighted by atomic mass is 16.1. The number of anilines is 1. The number of fused-ring (bicyclic) bond motifs is 1. The van der Waals surface area contributed by atoms with E-state index in [0.29, 0.717) is 24.0 Å². The van der Waals surface area contributed by atoms with Crippen molar-refractivity contribution in [1.82, 2.24) is 29.7 Å². The van der Waals surface area contributed by atoms with Gasteiger partial charge in [-0.3, -0.25) is 9.48 Å². The van der Waals surface area contributed by atoms with E-state index in [-0.39, 0.29) is 5.56 Å². The van der Waals surface area contributed by atoms with E-state index in [1.165, 1.54) is 18.9 Å². The molecule has 4 rings (SSSR count). The summed E-state index contributed by atoms with van der Waals surface area (Å²) in [6, 6.07) is 1.50. The molecule has 0 unspecified atom stereocenters. The van der Waals surface area contributed by atoms with E-state index in [1.54, 1.807) is 17.8 Å². The van der Waals surface area contributed by atoms with Gasteiger partial charge in [0.15, 0.2) is 5.65 Å². The second-order valence-corrected chi connectivity index (χ2v) is 6.59. The third kappa shape index (κ3) is 3.11. The Morgan fingerprint density at radius 3 is 2.84 bits per heavy atom. The second kappa shape index (κ2) is 6.27. The standard InChI is InChI=1S/C17H21N7O/c1-10-20-12(7-14(25)21-10)8-18-16-13-9-19-24(2)17(13)23-15(22-16)11-5-3-4-6-11/h7,9,11H,3-6,8H2,1-2H3,(H,18,22,23)(H,20,21,25). The quantitative estimate of drug-likeness (QED) is 0.754. The molecule has 0 radical (unpaired) electrons. The van der Waals surface area contributed by atoms with Gasteiger partial charge in [-0.1, -0.05) is 12.8 Å². The van der Waals surface area contributed by atoms with Crippen LogP contribution in [0.25, 0.3) is 11.0 Å². The SMILES string of the molecule is Cc1nc(CNc2nc(C3CCCC3)nc3c2cnn3C)cc(=O)[nH]1. The molecule has 1 fully saturated rings. The molecule has 0 spiro atoms. The van der Waals surface area contributed by atoms with Crippen molar-refractivity contribution in [2.24, 2.45) is 7.05 Å². The van der Waals surface area contributed by atoms with Crippen molar-refractivity contribution in [3.05, 3.63) is 40.0 Å². The maximum Gasteiger partial charge on any atom is 0.251 e. The van der Waals surface area contributed by atoms with E-state index in [9.17, 15) is 4.79 Å². The summed E-state index contributed by atoms with van der Waals surface area (Å²) in [6.45, 7) is 2.20. The van der Waals surface area contributed by atoms with Gasteiger partial charge in [0.1, 0.15) is 17.5 Å². The third-order valence-corrected chi connectivity index (χ3v) is 4.68. The second-order valence-electron chi connectivity index (χ2n) is 6.59. The van der Waals surface area contributed by atoms with Gasteiger partial charge in [-0.15, -0.1) is 0 Å².